The lowest BCUT2D eigenvalue weighted by Gasteiger charge is -2.37. The first-order valence-electron chi connectivity index (χ1n) is 11.4. The molecule has 0 unspecified atom stereocenters. The topological polar surface area (TPSA) is 80.7 Å². The molecule has 1 aliphatic carbocycles. The van der Waals surface area contributed by atoms with E-state index < -0.39 is 96.5 Å². The van der Waals surface area contributed by atoms with Crippen molar-refractivity contribution in [3.63, 3.8) is 0 Å². The summed E-state index contributed by atoms with van der Waals surface area (Å²) in [5.74, 6) is -6.97. The maximum absolute atomic E-state index is 14.2. The highest BCUT2D eigenvalue weighted by molar-refractivity contribution is 7.92. The lowest BCUT2D eigenvalue weighted by Crippen LogP contribution is -2.56. The summed E-state index contributed by atoms with van der Waals surface area (Å²) < 4.78 is 155. The van der Waals surface area contributed by atoms with Gasteiger partial charge in [0.25, 0.3) is 5.60 Å². The predicted molar refractivity (Wildman–Crippen MR) is 122 cm³/mol. The Kier molecular flexibility index (Phi) is 7.44. The number of hydrogen-bond acceptors (Lipinski definition) is 4. The molecule has 3 aromatic carbocycles. The van der Waals surface area contributed by atoms with Gasteiger partial charge in [-0.15, -0.1) is 0 Å². The van der Waals surface area contributed by atoms with Crippen LogP contribution in [-0.4, -0.2) is 31.8 Å². The van der Waals surface area contributed by atoms with Gasteiger partial charge in [-0.1, -0.05) is 30.3 Å². The van der Waals surface area contributed by atoms with Gasteiger partial charge < -0.3 is 9.84 Å². The van der Waals surface area contributed by atoms with Crippen LogP contribution in [0.1, 0.15) is 23.1 Å². The number of carboxylic acids is 1. The lowest BCUT2D eigenvalue weighted by molar-refractivity contribution is -0.392. The van der Waals surface area contributed by atoms with Crippen LogP contribution in [0.2, 0.25) is 0 Å². The first kappa shape index (κ1) is 30.4. The number of alkyl halides is 6. The third-order valence-corrected chi connectivity index (χ3v) is 9.42. The smallest absolute Gasteiger partial charge is 0.430 e. The van der Waals surface area contributed by atoms with E-state index in [9.17, 15) is 57.8 Å². The van der Waals surface area contributed by atoms with Gasteiger partial charge in [0, 0.05) is 11.1 Å². The van der Waals surface area contributed by atoms with Crippen molar-refractivity contribution in [1.82, 2.24) is 0 Å². The van der Waals surface area contributed by atoms with Gasteiger partial charge in [-0.3, -0.25) is 4.79 Å². The summed E-state index contributed by atoms with van der Waals surface area (Å²) in [6.45, 7) is -1.79. The minimum atomic E-state index is -6.24. The van der Waals surface area contributed by atoms with Crippen molar-refractivity contribution in [2.75, 3.05) is 0 Å². The molecule has 1 N–H and O–H groups in total. The van der Waals surface area contributed by atoms with Crippen LogP contribution in [0.4, 0.5) is 39.5 Å². The highest BCUT2D eigenvalue weighted by Gasteiger charge is 2.74. The van der Waals surface area contributed by atoms with Gasteiger partial charge in [0.05, 0.1) is 17.4 Å². The van der Waals surface area contributed by atoms with Crippen LogP contribution in [0.3, 0.4) is 0 Å². The number of aliphatic carboxylic acids is 1. The fourth-order valence-corrected chi connectivity index (χ4v) is 6.92. The summed E-state index contributed by atoms with van der Waals surface area (Å²) in [6.07, 6.45) is -13.1. The van der Waals surface area contributed by atoms with Gasteiger partial charge in [0.15, 0.2) is 9.84 Å². The number of sulfone groups is 1. The minimum absolute atomic E-state index is 0.257. The van der Waals surface area contributed by atoms with E-state index >= 15 is 0 Å². The molecule has 0 bridgehead atoms. The third-order valence-electron chi connectivity index (χ3n) is 6.88. The number of halogens is 9. The molecular weight excluding hydrogens is 595 g/mol. The van der Waals surface area contributed by atoms with Crippen LogP contribution >= 0.6 is 0 Å². The van der Waals surface area contributed by atoms with E-state index in [2.05, 4.69) is 4.74 Å². The maximum atomic E-state index is 14.2. The van der Waals surface area contributed by atoms with Gasteiger partial charge in [-0.2, -0.15) is 26.3 Å². The first-order chi connectivity index (χ1) is 18.9. The molecule has 0 spiro atoms. The lowest BCUT2D eigenvalue weighted by atomic mass is 9.90. The Balaban J connectivity index is 1.83. The molecule has 220 valence electrons. The normalized spacial score (nSPS) is 19.7. The number of carbonyl (C=O) groups is 1. The van der Waals surface area contributed by atoms with Crippen molar-refractivity contribution in [2.24, 2.45) is 5.92 Å². The van der Waals surface area contributed by atoms with Crippen molar-refractivity contribution in [1.29, 1.82) is 0 Å². The third kappa shape index (κ3) is 4.84. The molecule has 3 aromatic rings. The van der Waals surface area contributed by atoms with Crippen LogP contribution in [0.15, 0.2) is 71.6 Å². The van der Waals surface area contributed by atoms with Crippen LogP contribution in [0, 0.1) is 23.4 Å². The molecule has 1 aliphatic rings. The van der Waals surface area contributed by atoms with E-state index in [0.717, 1.165) is 30.3 Å². The standard InChI is InChI=1S/C26H17F9O5S/c27-16-8-10-17(11-9-16)41(38,39)23(12-19(23)22(36)37)14-4-6-15(7-5-14)24(25(30,31)32,26(33,34)35)40-13-18-20(28)2-1-3-21(18)29/h1-11,19H,12-13H2,(H,36,37)/t19-,23-/m1/s1. The summed E-state index contributed by atoms with van der Waals surface area (Å²) in [6, 6.07) is 6.96. The largest absolute Gasteiger partial charge is 0.481 e. The average Bonchev–Trinajstić information content (AvgIpc) is 3.63. The molecule has 4 rings (SSSR count). The summed E-state index contributed by atoms with van der Waals surface area (Å²) in [5.41, 5.74) is -8.38. The van der Waals surface area contributed by atoms with Crippen molar-refractivity contribution in [3.05, 3.63) is 101 Å². The highest BCUT2D eigenvalue weighted by atomic mass is 32.2. The second-order valence-corrected chi connectivity index (χ2v) is 11.4. The molecule has 1 fully saturated rings. The van der Waals surface area contributed by atoms with E-state index in [0.29, 0.717) is 24.3 Å². The van der Waals surface area contributed by atoms with Gasteiger partial charge in [0.2, 0.25) is 0 Å². The second kappa shape index (κ2) is 10.0. The van der Waals surface area contributed by atoms with Gasteiger partial charge in [0.1, 0.15) is 22.2 Å². The zero-order valence-electron chi connectivity index (χ0n) is 20.2. The van der Waals surface area contributed by atoms with Gasteiger partial charge in [-0.25, -0.2) is 21.6 Å². The van der Waals surface area contributed by atoms with E-state index in [-0.39, 0.29) is 12.1 Å². The zero-order valence-corrected chi connectivity index (χ0v) is 21.0. The monoisotopic (exact) mass is 612 g/mol. The van der Waals surface area contributed by atoms with Crippen LogP contribution < -0.4 is 0 Å². The molecule has 2 atom stereocenters. The molecule has 0 amide bonds. The van der Waals surface area contributed by atoms with E-state index in [1.54, 1.807) is 0 Å². The maximum Gasteiger partial charge on any atom is 0.430 e. The predicted octanol–water partition coefficient (Wildman–Crippen LogP) is 6.41. The SMILES string of the molecule is O=C(O)[C@H]1C[C@]1(c1ccc(C(OCc2c(F)cccc2F)(C(F)(F)F)C(F)(F)F)cc1)S(=O)(=O)c1ccc(F)cc1. The van der Waals surface area contributed by atoms with Crippen molar-refractivity contribution in [3.8, 4) is 0 Å². The van der Waals surface area contributed by atoms with Crippen LogP contribution in [0.25, 0.3) is 0 Å². The van der Waals surface area contributed by atoms with E-state index in [1.165, 1.54) is 0 Å². The number of ether oxygens (including phenoxy) is 1. The van der Waals surface area contributed by atoms with E-state index in [4.69, 9.17) is 0 Å². The first-order valence-corrected chi connectivity index (χ1v) is 12.9. The quantitative estimate of drug-likeness (QED) is 0.235. The Morgan fingerprint density at radius 2 is 1.37 bits per heavy atom. The summed E-state index contributed by atoms with van der Waals surface area (Å²) >= 11 is 0. The molecule has 0 saturated heterocycles. The van der Waals surface area contributed by atoms with Crippen LogP contribution in [-0.2, 0) is 36.3 Å². The Bertz CT molecular complexity index is 1530. The Morgan fingerprint density at radius 1 is 0.854 bits per heavy atom. The highest BCUT2D eigenvalue weighted by Crippen LogP contribution is 2.61. The van der Waals surface area contributed by atoms with Gasteiger partial charge >= 0.3 is 18.3 Å². The Labute approximate surface area is 226 Å². The van der Waals surface area contributed by atoms with Gasteiger partial charge in [-0.05, 0) is 48.4 Å². The molecule has 0 aromatic heterocycles. The molecule has 0 heterocycles. The fraction of sp³-hybridized carbons (Fsp3) is 0.269. The summed E-state index contributed by atoms with van der Waals surface area (Å²) in [5, 5.41) is 9.52. The average molecular weight is 612 g/mol. The van der Waals surface area contributed by atoms with Crippen molar-refractivity contribution in [2.45, 2.75) is 40.6 Å². The minimum Gasteiger partial charge on any atom is -0.481 e. The summed E-state index contributed by atoms with van der Waals surface area (Å²) in [4.78, 5) is 11.2. The summed E-state index contributed by atoms with van der Waals surface area (Å²) in [7, 11) is -4.66. The molecule has 0 aliphatic heterocycles. The number of benzene rings is 3. The molecule has 1 saturated carbocycles. The van der Waals surface area contributed by atoms with Crippen molar-refractivity contribution < 1.29 is 62.6 Å². The van der Waals surface area contributed by atoms with Crippen molar-refractivity contribution >= 4 is 15.8 Å². The molecular formula is C26H17F9O5S. The Hall–Kier alpha value is -3.59. The molecule has 0 radical (unpaired) electrons. The van der Waals surface area contributed by atoms with Crippen LogP contribution in [0.5, 0.6) is 0 Å². The molecule has 15 heteroatoms. The molecule has 5 nitrogen and oxygen atoms in total. The Morgan fingerprint density at radius 3 is 1.80 bits per heavy atom. The number of carboxylic acid groups (broad SMARTS) is 1. The number of rotatable bonds is 8. The fourth-order valence-electron chi connectivity index (χ4n) is 4.70. The second-order valence-electron chi connectivity index (χ2n) is 9.18. The zero-order chi connectivity index (χ0) is 30.6. The van der Waals surface area contributed by atoms with E-state index in [1.807, 2.05) is 0 Å². The number of hydrogen-bond donors (Lipinski definition) is 1. The molecule has 41 heavy (non-hydrogen) atoms.